The molecule has 1 aromatic carbocycles. The zero-order chi connectivity index (χ0) is 26.1. The van der Waals surface area contributed by atoms with Crippen LogP contribution in [-0.2, 0) is 17.8 Å². The van der Waals surface area contributed by atoms with Gasteiger partial charge in [-0.15, -0.1) is 0 Å². The second kappa shape index (κ2) is 8.42. The molecule has 0 radical (unpaired) electrons. The highest BCUT2D eigenvalue weighted by molar-refractivity contribution is 5.95. The fraction of sp³-hybridized carbons (Fsp3) is 0.600. The van der Waals surface area contributed by atoms with Crippen molar-refractivity contribution in [3.8, 4) is 11.5 Å². The molecule has 4 bridgehead atoms. The fourth-order valence-corrected chi connectivity index (χ4v) is 9.39. The Balaban J connectivity index is 1.05. The molecule has 0 spiro atoms. The molecular weight excluding hydrogens is 480 g/mol. The highest BCUT2D eigenvalue weighted by atomic mass is 16.6. The number of anilines is 1. The molecule has 2 atom stereocenters. The highest BCUT2D eigenvalue weighted by Gasteiger charge is 2.60. The zero-order valence-corrected chi connectivity index (χ0v) is 22.3. The second-order valence-electron chi connectivity index (χ2n) is 13.3. The summed E-state index contributed by atoms with van der Waals surface area (Å²) in [6.45, 7) is 6.81. The zero-order valence-electron chi connectivity index (χ0n) is 22.3. The summed E-state index contributed by atoms with van der Waals surface area (Å²) < 4.78 is 11.2. The predicted molar refractivity (Wildman–Crippen MR) is 141 cm³/mol. The number of carbonyl (C=O) groups is 2. The van der Waals surface area contributed by atoms with Gasteiger partial charge in [0.05, 0.1) is 12.2 Å². The summed E-state index contributed by atoms with van der Waals surface area (Å²) in [7, 11) is 0. The lowest BCUT2D eigenvalue weighted by Gasteiger charge is -2.65. The summed E-state index contributed by atoms with van der Waals surface area (Å²) in [6, 6.07) is 5.32. The number of amides is 2. The quantitative estimate of drug-likeness (QED) is 0.629. The van der Waals surface area contributed by atoms with Crippen molar-refractivity contribution < 1.29 is 19.1 Å². The van der Waals surface area contributed by atoms with Gasteiger partial charge < -0.3 is 19.7 Å². The first-order chi connectivity index (χ1) is 18.2. The smallest absolute Gasteiger partial charge is 0.254 e. The maximum absolute atomic E-state index is 13.4. The number of hydrogen-bond acceptors (Lipinski definition) is 6. The molecule has 2 unspecified atom stereocenters. The third-order valence-electron chi connectivity index (χ3n) is 9.62. The molecule has 38 heavy (non-hydrogen) atoms. The fourth-order valence-electron chi connectivity index (χ4n) is 9.39. The molecule has 6 aliphatic rings. The molecule has 1 aromatic heterocycles. The number of nitrogens with one attached hydrogen (secondary N) is 1. The van der Waals surface area contributed by atoms with Crippen molar-refractivity contribution in [3.05, 3.63) is 41.3 Å². The van der Waals surface area contributed by atoms with Crippen LogP contribution < -0.4 is 14.8 Å². The number of nitrogens with zero attached hydrogens (tertiary/aromatic N) is 3. The Bertz CT molecular complexity index is 1310. The summed E-state index contributed by atoms with van der Waals surface area (Å²) in [5, 5.41) is 3.16. The van der Waals surface area contributed by atoms with Gasteiger partial charge in [0, 0.05) is 24.1 Å². The number of benzene rings is 1. The number of fused-ring (bicyclic) bond motifs is 2. The van der Waals surface area contributed by atoms with E-state index in [-0.39, 0.29) is 17.2 Å². The summed E-state index contributed by atoms with van der Waals surface area (Å²) in [5.41, 5.74) is 3.19. The van der Waals surface area contributed by atoms with Crippen molar-refractivity contribution in [2.75, 3.05) is 25.1 Å². The Labute approximate surface area is 223 Å². The Morgan fingerprint density at radius 1 is 1.03 bits per heavy atom. The van der Waals surface area contributed by atoms with Gasteiger partial charge in [-0.1, -0.05) is 13.8 Å². The maximum atomic E-state index is 13.4. The minimum absolute atomic E-state index is 0.0647. The Hall–Kier alpha value is -3.16. The maximum Gasteiger partial charge on any atom is 0.254 e. The van der Waals surface area contributed by atoms with Gasteiger partial charge in [-0.05, 0) is 85.3 Å². The van der Waals surface area contributed by atoms with E-state index in [2.05, 4.69) is 29.1 Å². The molecule has 4 aliphatic carbocycles. The summed E-state index contributed by atoms with van der Waals surface area (Å²) >= 11 is 0. The van der Waals surface area contributed by atoms with Crippen molar-refractivity contribution in [2.24, 2.45) is 22.2 Å². The van der Waals surface area contributed by atoms with Crippen molar-refractivity contribution >= 4 is 17.6 Å². The van der Waals surface area contributed by atoms with Crippen molar-refractivity contribution in [1.82, 2.24) is 14.9 Å². The average Bonchev–Trinajstić information content (AvgIpc) is 2.85. The van der Waals surface area contributed by atoms with Gasteiger partial charge in [-0.25, -0.2) is 9.97 Å². The lowest BCUT2D eigenvalue weighted by atomic mass is 9.40. The monoisotopic (exact) mass is 516 g/mol. The minimum atomic E-state index is -0.0689. The molecule has 4 fully saturated rings. The van der Waals surface area contributed by atoms with E-state index in [0.29, 0.717) is 72.9 Å². The van der Waals surface area contributed by atoms with Crippen molar-refractivity contribution in [3.63, 3.8) is 0 Å². The molecule has 2 amide bonds. The van der Waals surface area contributed by atoms with Crippen LogP contribution in [0.1, 0.15) is 80.4 Å². The first kappa shape index (κ1) is 23.9. The normalized spacial score (nSPS) is 32.6. The predicted octanol–water partition coefficient (Wildman–Crippen LogP) is 4.77. The third-order valence-corrected chi connectivity index (χ3v) is 9.62. The lowest BCUT2D eigenvalue weighted by Crippen LogP contribution is -2.55. The summed E-state index contributed by atoms with van der Waals surface area (Å²) in [5.74, 6) is 2.64. The number of rotatable bonds is 4. The molecule has 8 nitrogen and oxygen atoms in total. The van der Waals surface area contributed by atoms with E-state index in [4.69, 9.17) is 9.47 Å². The minimum Gasteiger partial charge on any atom is -0.486 e. The average molecular weight is 517 g/mol. The van der Waals surface area contributed by atoms with Gasteiger partial charge in [0.25, 0.3) is 5.91 Å². The molecule has 0 saturated heterocycles. The Kier molecular flexibility index (Phi) is 5.30. The van der Waals surface area contributed by atoms with Gasteiger partial charge in [0.15, 0.2) is 11.5 Å². The van der Waals surface area contributed by atoms with Crippen LogP contribution in [0.25, 0.3) is 0 Å². The molecule has 1 N–H and O–H groups in total. The van der Waals surface area contributed by atoms with E-state index in [9.17, 15) is 9.59 Å². The van der Waals surface area contributed by atoms with Crippen LogP contribution in [0.2, 0.25) is 0 Å². The van der Waals surface area contributed by atoms with Crippen molar-refractivity contribution in [1.29, 1.82) is 0 Å². The number of hydrogen-bond donors (Lipinski definition) is 1. The van der Waals surface area contributed by atoms with Crippen LogP contribution in [0.4, 0.5) is 5.82 Å². The van der Waals surface area contributed by atoms with Crippen LogP contribution >= 0.6 is 0 Å². The number of ether oxygens (including phenoxy) is 2. The summed E-state index contributed by atoms with van der Waals surface area (Å²) in [4.78, 5) is 37.4. The van der Waals surface area contributed by atoms with Crippen LogP contribution in [0.5, 0.6) is 11.5 Å². The van der Waals surface area contributed by atoms with Crippen LogP contribution in [-0.4, -0.2) is 46.4 Å². The van der Waals surface area contributed by atoms with Crippen LogP contribution in [0, 0.1) is 22.2 Å². The van der Waals surface area contributed by atoms with Gasteiger partial charge in [0.1, 0.15) is 25.4 Å². The largest absolute Gasteiger partial charge is 0.486 e. The topological polar surface area (TPSA) is 93.7 Å². The van der Waals surface area contributed by atoms with Gasteiger partial charge in [-0.3, -0.25) is 9.59 Å². The van der Waals surface area contributed by atoms with E-state index in [0.717, 1.165) is 17.2 Å². The number of carbonyl (C=O) groups excluding carboxylic acids is 2. The first-order valence-corrected chi connectivity index (χ1v) is 14.0. The SMILES string of the molecule is CC12CC3CC(C)(C1)CC(CC(=O)Nc1ncnc4c1CCN(C(=O)c1ccc5c(c1)OCCO5)C4)(C3)C2. The van der Waals surface area contributed by atoms with E-state index >= 15 is 0 Å². The van der Waals surface area contributed by atoms with Gasteiger partial charge in [0.2, 0.25) is 5.91 Å². The van der Waals surface area contributed by atoms with E-state index < -0.39 is 0 Å². The van der Waals surface area contributed by atoms with E-state index in [1.54, 1.807) is 23.1 Å². The van der Waals surface area contributed by atoms with Crippen molar-refractivity contribution in [2.45, 2.75) is 71.8 Å². The van der Waals surface area contributed by atoms with Gasteiger partial charge in [-0.2, -0.15) is 0 Å². The first-order valence-electron chi connectivity index (χ1n) is 14.0. The third kappa shape index (κ3) is 4.12. The molecule has 8 heteroatoms. The summed E-state index contributed by atoms with van der Waals surface area (Å²) in [6.07, 6.45) is 10.1. The molecular formula is C30H36N4O4. The second-order valence-corrected chi connectivity index (χ2v) is 13.3. The molecule has 2 aliphatic heterocycles. The van der Waals surface area contributed by atoms with Gasteiger partial charge >= 0.3 is 0 Å². The Morgan fingerprint density at radius 2 is 1.79 bits per heavy atom. The lowest BCUT2D eigenvalue weighted by molar-refractivity contribution is -0.153. The molecule has 2 aromatic rings. The van der Waals surface area contributed by atoms with E-state index in [1.165, 1.54) is 44.9 Å². The molecule has 8 rings (SSSR count). The molecule has 200 valence electrons. The highest BCUT2D eigenvalue weighted by Crippen LogP contribution is 2.70. The molecule has 3 heterocycles. The Morgan fingerprint density at radius 3 is 2.55 bits per heavy atom. The standard InChI is InChI=1S/C30H36N4O4/c1-28-10-19-11-29(2,15-28)17-30(12-19,16-28)13-25(35)33-26-21-5-6-34(14-22(21)31-18-32-26)27(36)20-3-4-23-24(9-20)38-8-7-37-23/h3-4,9,18-19H,5-8,10-17H2,1-2H3,(H,31,32,33,35). The van der Waals surface area contributed by atoms with Crippen LogP contribution in [0.15, 0.2) is 24.5 Å². The van der Waals surface area contributed by atoms with E-state index in [1.807, 2.05) is 0 Å². The van der Waals surface area contributed by atoms with Crippen LogP contribution in [0.3, 0.4) is 0 Å². The number of aromatic nitrogens is 2. The molecule has 4 saturated carbocycles.